The van der Waals surface area contributed by atoms with E-state index in [-0.39, 0.29) is 54.5 Å². The summed E-state index contributed by atoms with van der Waals surface area (Å²) >= 11 is 0. The van der Waals surface area contributed by atoms with Crippen LogP contribution in [-0.4, -0.2) is 76.5 Å². The molecule has 1 amide bonds. The molecule has 40 heavy (non-hydrogen) atoms. The van der Waals surface area contributed by atoms with Crippen molar-refractivity contribution in [2.45, 2.75) is 95.3 Å². The van der Waals surface area contributed by atoms with Gasteiger partial charge in [-0.1, -0.05) is 0 Å². The smallest absolute Gasteiger partial charge is 0.353 e. The Bertz CT molecular complexity index is 1070. The fourth-order valence-electron chi connectivity index (χ4n) is 7.18. The van der Waals surface area contributed by atoms with Crippen LogP contribution in [0, 0.1) is 29.1 Å². The van der Waals surface area contributed by atoms with Gasteiger partial charge in [-0.05, 0) is 82.0 Å². The monoisotopic (exact) mass is 572 g/mol. The number of aryl methyl sites for hydroxylation is 1. The van der Waals surface area contributed by atoms with E-state index in [0.717, 1.165) is 12.8 Å². The molecule has 1 aliphatic heterocycles. The maximum Gasteiger partial charge on any atom is 0.435 e. The van der Waals surface area contributed by atoms with Crippen molar-refractivity contribution < 1.29 is 26.7 Å². The van der Waals surface area contributed by atoms with Crippen molar-refractivity contribution >= 4 is 11.9 Å². The molecular formula is C28H41F5N6O. The van der Waals surface area contributed by atoms with Gasteiger partial charge >= 0.3 is 6.18 Å². The SMILES string of the molecule is CCn1cc(C2CC(CN3CCN(C)C3=N)CC(C(=O)N[C@@H](C3CC3)C3CCC(F)C(F)C3)C2)c(C(F)(F)F)n1. The summed E-state index contributed by atoms with van der Waals surface area (Å²) in [5.74, 6) is -0.794. The van der Waals surface area contributed by atoms with Crippen LogP contribution < -0.4 is 5.32 Å². The molecule has 3 aliphatic carbocycles. The Kier molecular flexibility index (Phi) is 8.34. The largest absolute Gasteiger partial charge is 0.435 e. The summed E-state index contributed by atoms with van der Waals surface area (Å²) in [6.07, 6.45) is -2.21. The number of halogens is 5. The number of nitrogens with zero attached hydrogens (tertiary/aromatic N) is 4. The summed E-state index contributed by atoms with van der Waals surface area (Å²) in [6.45, 7) is 3.92. The number of rotatable bonds is 8. The molecule has 1 saturated heterocycles. The Labute approximate surface area is 232 Å². The van der Waals surface area contributed by atoms with E-state index in [1.807, 2.05) is 16.8 Å². The van der Waals surface area contributed by atoms with E-state index in [9.17, 15) is 26.7 Å². The second-order valence-corrected chi connectivity index (χ2v) is 12.4. The fourth-order valence-corrected chi connectivity index (χ4v) is 7.18. The minimum atomic E-state index is -4.60. The molecule has 0 spiro atoms. The van der Waals surface area contributed by atoms with Crippen LogP contribution in [0.4, 0.5) is 22.0 Å². The molecule has 4 aliphatic rings. The highest BCUT2D eigenvalue weighted by molar-refractivity contribution is 5.80. The van der Waals surface area contributed by atoms with Gasteiger partial charge in [-0.15, -0.1) is 0 Å². The first-order valence-corrected chi connectivity index (χ1v) is 14.7. The zero-order chi connectivity index (χ0) is 28.8. The van der Waals surface area contributed by atoms with Crippen LogP contribution in [0.1, 0.15) is 75.5 Å². The van der Waals surface area contributed by atoms with Crippen LogP contribution >= 0.6 is 0 Å². The second-order valence-electron chi connectivity index (χ2n) is 12.4. The topological polar surface area (TPSA) is 77.2 Å². The quantitative estimate of drug-likeness (QED) is 0.431. The van der Waals surface area contributed by atoms with Crippen LogP contribution in [0.5, 0.6) is 0 Å². The third-order valence-electron chi connectivity index (χ3n) is 9.52. The van der Waals surface area contributed by atoms with Crippen molar-refractivity contribution in [3.8, 4) is 0 Å². The first-order valence-electron chi connectivity index (χ1n) is 14.7. The van der Waals surface area contributed by atoms with E-state index in [1.54, 1.807) is 6.92 Å². The van der Waals surface area contributed by atoms with Crippen molar-refractivity contribution in [2.24, 2.45) is 23.7 Å². The number of aromatic nitrogens is 2. The highest BCUT2D eigenvalue weighted by Crippen LogP contribution is 2.46. The number of likely N-dealkylation sites (N-methyl/N-ethyl adjacent to an activating group) is 1. The van der Waals surface area contributed by atoms with Crippen molar-refractivity contribution in [2.75, 3.05) is 26.7 Å². The zero-order valence-electron chi connectivity index (χ0n) is 23.3. The average molecular weight is 573 g/mol. The third-order valence-corrected chi connectivity index (χ3v) is 9.52. The summed E-state index contributed by atoms with van der Waals surface area (Å²) in [5.41, 5.74) is -0.758. The highest BCUT2D eigenvalue weighted by Gasteiger charge is 2.45. The van der Waals surface area contributed by atoms with Gasteiger partial charge in [0.25, 0.3) is 0 Å². The summed E-state index contributed by atoms with van der Waals surface area (Å²) in [7, 11) is 1.84. The van der Waals surface area contributed by atoms with Crippen LogP contribution in [-0.2, 0) is 17.5 Å². The van der Waals surface area contributed by atoms with Crippen molar-refractivity contribution in [1.82, 2.24) is 24.9 Å². The first kappa shape index (κ1) is 29.1. The van der Waals surface area contributed by atoms with E-state index in [2.05, 4.69) is 10.4 Å². The Hall–Kier alpha value is -2.40. The maximum absolute atomic E-state index is 14.3. The lowest BCUT2D eigenvalue weighted by Gasteiger charge is -2.38. The number of carbonyl (C=O) groups is 1. The first-order chi connectivity index (χ1) is 18.9. The molecule has 7 atom stereocenters. The zero-order valence-corrected chi connectivity index (χ0v) is 23.3. The molecule has 3 saturated carbocycles. The molecule has 5 rings (SSSR count). The van der Waals surface area contributed by atoms with E-state index >= 15 is 0 Å². The van der Waals surface area contributed by atoms with E-state index in [1.165, 1.54) is 10.9 Å². The number of hydrogen-bond acceptors (Lipinski definition) is 3. The van der Waals surface area contributed by atoms with E-state index < -0.39 is 36.0 Å². The van der Waals surface area contributed by atoms with Gasteiger partial charge in [0, 0.05) is 56.9 Å². The van der Waals surface area contributed by atoms with Crippen molar-refractivity contribution in [3.05, 3.63) is 17.5 Å². The number of hydrogen-bond donors (Lipinski definition) is 2. The molecule has 2 heterocycles. The number of guanidine groups is 1. The van der Waals surface area contributed by atoms with Crippen LogP contribution in [0.2, 0.25) is 0 Å². The van der Waals surface area contributed by atoms with Crippen molar-refractivity contribution in [1.29, 1.82) is 5.41 Å². The predicted octanol–water partition coefficient (Wildman–Crippen LogP) is 4.97. The molecule has 7 nitrogen and oxygen atoms in total. The van der Waals surface area contributed by atoms with E-state index in [4.69, 9.17) is 5.41 Å². The average Bonchev–Trinajstić information content (AvgIpc) is 3.57. The summed E-state index contributed by atoms with van der Waals surface area (Å²) in [6, 6.07) is -0.230. The highest BCUT2D eigenvalue weighted by atomic mass is 19.4. The second kappa shape index (κ2) is 11.5. The minimum absolute atomic E-state index is 0.0796. The number of alkyl halides is 5. The van der Waals surface area contributed by atoms with Gasteiger partial charge in [-0.3, -0.25) is 14.9 Å². The molecule has 0 radical (unpaired) electrons. The lowest BCUT2D eigenvalue weighted by molar-refractivity contribution is -0.142. The Morgan fingerprint density at radius 1 is 1.07 bits per heavy atom. The Morgan fingerprint density at radius 3 is 2.40 bits per heavy atom. The summed E-state index contributed by atoms with van der Waals surface area (Å²) in [4.78, 5) is 17.5. The molecule has 4 fully saturated rings. The molecular weight excluding hydrogens is 531 g/mol. The van der Waals surface area contributed by atoms with Gasteiger partial charge < -0.3 is 15.1 Å². The van der Waals surface area contributed by atoms with Gasteiger partial charge in [0.15, 0.2) is 11.7 Å². The van der Waals surface area contributed by atoms with Crippen LogP contribution in [0.3, 0.4) is 0 Å². The van der Waals surface area contributed by atoms with Gasteiger partial charge in [0.2, 0.25) is 5.91 Å². The minimum Gasteiger partial charge on any atom is -0.353 e. The number of nitrogens with one attached hydrogen (secondary N) is 2. The summed E-state index contributed by atoms with van der Waals surface area (Å²) < 4.78 is 71.4. The van der Waals surface area contributed by atoms with Gasteiger partial charge in [-0.2, -0.15) is 18.3 Å². The van der Waals surface area contributed by atoms with Crippen LogP contribution in [0.25, 0.3) is 0 Å². The molecule has 6 unspecified atom stereocenters. The predicted molar refractivity (Wildman–Crippen MR) is 140 cm³/mol. The Morgan fingerprint density at radius 2 is 1.80 bits per heavy atom. The molecule has 2 N–H and O–H groups in total. The molecule has 12 heteroatoms. The Balaban J connectivity index is 1.37. The standard InChI is InChI=1S/C28H41F5N6O/c1-3-39-15-21(25(36-39)28(31,32)33)19-10-16(14-38-9-8-37(2)27(38)34)11-20(12-19)26(40)35-24(17-4-5-17)18-6-7-22(29)23(30)13-18/h15-20,22-24,34H,3-14H2,1-2H3,(H,35,40)/t16?,18?,19?,20?,22?,23?,24-/m0/s1. The third kappa shape index (κ3) is 6.25. The molecule has 1 aromatic heterocycles. The number of carbonyl (C=O) groups excluding carboxylic acids is 1. The maximum atomic E-state index is 14.3. The van der Waals surface area contributed by atoms with Crippen LogP contribution in [0.15, 0.2) is 6.20 Å². The van der Waals surface area contributed by atoms with E-state index in [0.29, 0.717) is 51.4 Å². The normalized spacial score (nSPS) is 32.4. The molecule has 0 bridgehead atoms. The fraction of sp³-hybridized carbons (Fsp3) is 0.821. The summed E-state index contributed by atoms with van der Waals surface area (Å²) in [5, 5.41) is 15.4. The van der Waals surface area contributed by atoms with Gasteiger partial charge in [0.1, 0.15) is 12.3 Å². The molecule has 224 valence electrons. The number of amides is 1. The van der Waals surface area contributed by atoms with Gasteiger partial charge in [-0.25, -0.2) is 8.78 Å². The van der Waals surface area contributed by atoms with Crippen molar-refractivity contribution in [3.63, 3.8) is 0 Å². The van der Waals surface area contributed by atoms with Gasteiger partial charge in [0.05, 0.1) is 0 Å². The molecule has 0 aromatic carbocycles. The molecule has 1 aromatic rings. The lowest BCUT2D eigenvalue weighted by atomic mass is 9.71. The lowest BCUT2D eigenvalue weighted by Crippen LogP contribution is -2.48.